The molecule has 6 nitrogen and oxygen atoms in total. The van der Waals surface area contributed by atoms with Crippen molar-refractivity contribution in [3.8, 4) is 0 Å². The largest absolute Gasteiger partial charge is 0.389 e. The summed E-state index contributed by atoms with van der Waals surface area (Å²) in [6.07, 6.45) is 3.25. The Balaban J connectivity index is 1.79. The number of ether oxygens (including phenoxy) is 1. The first kappa shape index (κ1) is 14.3. The average Bonchev–Trinajstić information content (AvgIpc) is 3.31. The molecule has 1 saturated heterocycles. The molecule has 1 aromatic rings. The molecular weight excluding hydrogens is 270 g/mol. The molecule has 2 atom stereocenters. The number of anilines is 1. The lowest BCUT2D eigenvalue weighted by Gasteiger charge is -2.35. The number of carbonyl (C=O) groups excluding carboxylic acids is 1. The normalized spacial score (nSPS) is 23.7. The van der Waals surface area contributed by atoms with Crippen LogP contribution in [0.1, 0.15) is 31.4 Å². The quantitative estimate of drug-likeness (QED) is 0.850. The Morgan fingerprint density at radius 2 is 2.38 bits per heavy atom. The minimum absolute atomic E-state index is 0.00134. The molecule has 21 heavy (non-hydrogen) atoms. The minimum Gasteiger partial charge on any atom is -0.389 e. The van der Waals surface area contributed by atoms with E-state index in [4.69, 9.17) is 4.74 Å². The summed E-state index contributed by atoms with van der Waals surface area (Å²) in [7, 11) is 0. The number of aliphatic hydroxyl groups excluding tert-OH is 1. The van der Waals surface area contributed by atoms with Gasteiger partial charge in [0.2, 0.25) is 5.91 Å². The molecule has 114 valence electrons. The average molecular weight is 291 g/mol. The van der Waals surface area contributed by atoms with Gasteiger partial charge in [-0.15, -0.1) is 0 Å². The monoisotopic (exact) mass is 291 g/mol. The molecule has 0 radical (unpaired) electrons. The number of aliphatic hydroxyl groups is 1. The lowest BCUT2D eigenvalue weighted by Crippen LogP contribution is -2.54. The Hall–Kier alpha value is -1.66. The number of hydrogen-bond acceptors (Lipinski definition) is 5. The summed E-state index contributed by atoms with van der Waals surface area (Å²) in [4.78, 5) is 18.7. The highest BCUT2D eigenvalue weighted by molar-refractivity contribution is 5.85. The summed E-state index contributed by atoms with van der Waals surface area (Å²) in [6.45, 7) is 3.29. The molecule has 1 aliphatic carbocycles. The van der Waals surface area contributed by atoms with E-state index >= 15 is 0 Å². The predicted molar refractivity (Wildman–Crippen MR) is 78.0 cm³/mol. The maximum absolute atomic E-state index is 12.3. The number of nitrogens with zero attached hydrogens (tertiary/aromatic N) is 2. The molecule has 6 heteroatoms. The molecule has 0 spiro atoms. The SMILES string of the molecule is C[C@@H](O)c1ccnc(N2CCOCC2C(=O)NC2CC2)c1. The fourth-order valence-electron chi connectivity index (χ4n) is 2.47. The highest BCUT2D eigenvalue weighted by Crippen LogP contribution is 2.23. The van der Waals surface area contributed by atoms with Crippen LogP contribution >= 0.6 is 0 Å². The van der Waals surface area contributed by atoms with Gasteiger partial charge in [-0.05, 0) is 37.5 Å². The highest BCUT2D eigenvalue weighted by Gasteiger charge is 2.33. The molecule has 3 rings (SSSR count). The van der Waals surface area contributed by atoms with E-state index in [0.717, 1.165) is 18.4 Å². The minimum atomic E-state index is -0.550. The molecular formula is C15H21N3O3. The summed E-state index contributed by atoms with van der Waals surface area (Å²) in [6, 6.07) is 3.61. The van der Waals surface area contributed by atoms with Crippen LogP contribution in [0.2, 0.25) is 0 Å². The number of aromatic nitrogens is 1. The Morgan fingerprint density at radius 1 is 1.57 bits per heavy atom. The fourth-order valence-corrected chi connectivity index (χ4v) is 2.47. The van der Waals surface area contributed by atoms with Gasteiger partial charge in [-0.25, -0.2) is 4.98 Å². The van der Waals surface area contributed by atoms with E-state index in [0.29, 0.717) is 31.6 Å². The summed E-state index contributed by atoms with van der Waals surface area (Å²) in [5.74, 6) is 0.717. The van der Waals surface area contributed by atoms with E-state index in [9.17, 15) is 9.90 Å². The third kappa shape index (κ3) is 3.33. The van der Waals surface area contributed by atoms with E-state index in [-0.39, 0.29) is 11.9 Å². The van der Waals surface area contributed by atoms with Crippen molar-refractivity contribution >= 4 is 11.7 Å². The van der Waals surface area contributed by atoms with Crippen LogP contribution in [0.4, 0.5) is 5.82 Å². The van der Waals surface area contributed by atoms with Crippen LogP contribution in [0.5, 0.6) is 0 Å². The van der Waals surface area contributed by atoms with Gasteiger partial charge in [0.25, 0.3) is 0 Å². The second kappa shape index (κ2) is 5.99. The van der Waals surface area contributed by atoms with Gasteiger partial charge in [-0.3, -0.25) is 4.79 Å². The summed E-state index contributed by atoms with van der Waals surface area (Å²) >= 11 is 0. The number of morpholine rings is 1. The van der Waals surface area contributed by atoms with E-state index in [2.05, 4.69) is 10.3 Å². The topological polar surface area (TPSA) is 74.7 Å². The van der Waals surface area contributed by atoms with Crippen molar-refractivity contribution in [1.29, 1.82) is 0 Å². The molecule has 2 N–H and O–H groups in total. The highest BCUT2D eigenvalue weighted by atomic mass is 16.5. The van der Waals surface area contributed by atoms with E-state index in [1.165, 1.54) is 0 Å². The first-order chi connectivity index (χ1) is 10.1. The first-order valence-corrected chi connectivity index (χ1v) is 7.44. The van der Waals surface area contributed by atoms with Crippen molar-refractivity contribution in [2.75, 3.05) is 24.7 Å². The number of rotatable bonds is 4. The molecule has 1 amide bonds. The van der Waals surface area contributed by atoms with Crippen molar-refractivity contribution in [2.24, 2.45) is 0 Å². The first-order valence-electron chi connectivity index (χ1n) is 7.44. The molecule has 1 aromatic heterocycles. The van der Waals surface area contributed by atoms with Gasteiger partial charge in [-0.1, -0.05) is 0 Å². The fraction of sp³-hybridized carbons (Fsp3) is 0.600. The number of amides is 1. The molecule has 1 unspecified atom stereocenters. The van der Waals surface area contributed by atoms with E-state index < -0.39 is 6.10 Å². The maximum Gasteiger partial charge on any atom is 0.245 e. The van der Waals surface area contributed by atoms with Crippen LogP contribution < -0.4 is 10.2 Å². The van der Waals surface area contributed by atoms with Gasteiger partial charge in [0.05, 0.1) is 19.3 Å². The number of carbonyl (C=O) groups is 1. The number of nitrogens with one attached hydrogen (secondary N) is 1. The number of pyridine rings is 1. The van der Waals surface area contributed by atoms with Crippen molar-refractivity contribution in [3.63, 3.8) is 0 Å². The Kier molecular flexibility index (Phi) is 4.07. The van der Waals surface area contributed by atoms with Crippen LogP contribution in [-0.4, -0.2) is 47.8 Å². The second-order valence-corrected chi connectivity index (χ2v) is 5.69. The summed E-state index contributed by atoms with van der Waals surface area (Å²) in [5.41, 5.74) is 0.799. The molecule has 0 bridgehead atoms. The van der Waals surface area contributed by atoms with Crippen molar-refractivity contribution in [2.45, 2.75) is 38.0 Å². The lowest BCUT2D eigenvalue weighted by atomic mass is 10.1. The molecule has 1 saturated carbocycles. The van der Waals surface area contributed by atoms with Crippen LogP contribution in [-0.2, 0) is 9.53 Å². The third-order valence-electron chi connectivity index (χ3n) is 3.90. The van der Waals surface area contributed by atoms with Crippen LogP contribution in [0.25, 0.3) is 0 Å². The zero-order chi connectivity index (χ0) is 14.8. The smallest absolute Gasteiger partial charge is 0.245 e. The lowest BCUT2D eigenvalue weighted by molar-refractivity contribution is -0.124. The van der Waals surface area contributed by atoms with Gasteiger partial charge in [0.1, 0.15) is 11.9 Å². The van der Waals surface area contributed by atoms with Crippen LogP contribution in [0, 0.1) is 0 Å². The Labute approximate surface area is 124 Å². The van der Waals surface area contributed by atoms with Crippen molar-refractivity contribution in [3.05, 3.63) is 23.9 Å². The van der Waals surface area contributed by atoms with Gasteiger partial charge < -0.3 is 20.1 Å². The van der Waals surface area contributed by atoms with E-state index in [1.54, 1.807) is 19.2 Å². The van der Waals surface area contributed by atoms with Crippen molar-refractivity contribution < 1.29 is 14.6 Å². The predicted octanol–water partition coefficient (Wildman–Crippen LogP) is 0.619. The van der Waals surface area contributed by atoms with Gasteiger partial charge in [0, 0.05) is 18.8 Å². The van der Waals surface area contributed by atoms with Gasteiger partial charge in [-0.2, -0.15) is 0 Å². The standard InChI is InChI=1S/C15H21N3O3/c1-10(19)11-4-5-16-14(8-11)18-6-7-21-9-13(18)15(20)17-12-2-3-12/h4-5,8,10,12-13,19H,2-3,6-7,9H2,1H3,(H,17,20)/t10-,13?/m1/s1. The third-order valence-corrected chi connectivity index (χ3v) is 3.90. The molecule has 2 heterocycles. The Morgan fingerprint density at radius 3 is 3.10 bits per heavy atom. The van der Waals surface area contributed by atoms with Crippen molar-refractivity contribution in [1.82, 2.24) is 10.3 Å². The molecule has 1 aliphatic heterocycles. The molecule has 2 aliphatic rings. The summed E-state index contributed by atoms with van der Waals surface area (Å²) in [5, 5.41) is 12.7. The zero-order valence-corrected chi connectivity index (χ0v) is 12.2. The number of hydrogen-bond donors (Lipinski definition) is 2. The van der Waals surface area contributed by atoms with E-state index in [1.807, 2.05) is 11.0 Å². The van der Waals surface area contributed by atoms with Gasteiger partial charge in [0.15, 0.2) is 0 Å². The maximum atomic E-state index is 12.3. The zero-order valence-electron chi connectivity index (χ0n) is 12.2. The Bertz CT molecular complexity index is 517. The molecule has 2 fully saturated rings. The second-order valence-electron chi connectivity index (χ2n) is 5.69. The van der Waals surface area contributed by atoms with Crippen LogP contribution in [0.15, 0.2) is 18.3 Å². The van der Waals surface area contributed by atoms with Gasteiger partial charge >= 0.3 is 0 Å². The van der Waals surface area contributed by atoms with Crippen LogP contribution in [0.3, 0.4) is 0 Å². The molecule has 0 aromatic carbocycles. The summed E-state index contributed by atoms with van der Waals surface area (Å²) < 4.78 is 5.45.